The molecule has 0 fully saturated rings. The van der Waals surface area contributed by atoms with Crippen molar-refractivity contribution in [3.8, 4) is 5.75 Å². The molecule has 0 saturated heterocycles. The summed E-state index contributed by atoms with van der Waals surface area (Å²) in [4.78, 5) is 15.2. The van der Waals surface area contributed by atoms with E-state index in [-0.39, 0.29) is 6.61 Å². The summed E-state index contributed by atoms with van der Waals surface area (Å²) in [5.41, 5.74) is 0.553. The van der Waals surface area contributed by atoms with E-state index in [9.17, 15) is 4.79 Å². The summed E-state index contributed by atoms with van der Waals surface area (Å²) < 4.78 is 12.5. The first-order chi connectivity index (χ1) is 8.20. The molecule has 2 heterocycles. The van der Waals surface area contributed by atoms with Crippen LogP contribution in [0.5, 0.6) is 5.75 Å². The summed E-state index contributed by atoms with van der Waals surface area (Å²) in [6.07, 6.45) is 3.17. The smallest absolute Gasteiger partial charge is 0.344 e. The molecule has 0 amide bonds. The number of carbonyl (C=O) groups excluding carboxylic acids is 1. The van der Waals surface area contributed by atoms with E-state index in [1.54, 1.807) is 23.7 Å². The van der Waals surface area contributed by atoms with Crippen molar-refractivity contribution in [2.75, 3.05) is 13.2 Å². The van der Waals surface area contributed by atoms with Gasteiger partial charge in [0.15, 0.2) is 18.0 Å². The third kappa shape index (κ3) is 2.73. The number of hydrogen-bond acceptors (Lipinski definition) is 5. The van der Waals surface area contributed by atoms with Crippen molar-refractivity contribution in [2.24, 2.45) is 0 Å². The van der Waals surface area contributed by atoms with Crippen LogP contribution in [0, 0.1) is 0 Å². The zero-order valence-corrected chi connectivity index (χ0v) is 10.7. The van der Waals surface area contributed by atoms with E-state index in [1.807, 2.05) is 0 Å². The first kappa shape index (κ1) is 11.8. The Hall–Kier alpha value is -1.63. The van der Waals surface area contributed by atoms with Crippen LogP contribution in [0.15, 0.2) is 23.1 Å². The Morgan fingerprint density at radius 2 is 2.41 bits per heavy atom. The molecule has 17 heavy (non-hydrogen) atoms. The predicted octanol–water partition coefficient (Wildman–Crippen LogP) is 1.43. The molecule has 0 radical (unpaired) electrons. The van der Waals surface area contributed by atoms with Gasteiger partial charge < -0.3 is 9.47 Å². The molecule has 6 nitrogen and oxygen atoms in total. The van der Waals surface area contributed by atoms with Crippen LogP contribution in [0.25, 0.3) is 5.65 Å². The van der Waals surface area contributed by atoms with Crippen molar-refractivity contribution in [1.82, 2.24) is 14.6 Å². The number of aromatic nitrogens is 3. The van der Waals surface area contributed by atoms with Gasteiger partial charge in [0.05, 0.1) is 6.61 Å². The maximum absolute atomic E-state index is 11.2. The van der Waals surface area contributed by atoms with Gasteiger partial charge in [-0.3, -0.25) is 0 Å². The minimum absolute atomic E-state index is 0.146. The van der Waals surface area contributed by atoms with Gasteiger partial charge >= 0.3 is 5.97 Å². The van der Waals surface area contributed by atoms with Crippen LogP contribution in [0.2, 0.25) is 0 Å². The van der Waals surface area contributed by atoms with Gasteiger partial charge in [0.25, 0.3) is 0 Å². The monoisotopic (exact) mass is 299 g/mol. The van der Waals surface area contributed by atoms with Gasteiger partial charge in [-0.15, -0.1) is 0 Å². The quantitative estimate of drug-likeness (QED) is 0.799. The number of hydrogen-bond donors (Lipinski definition) is 0. The summed E-state index contributed by atoms with van der Waals surface area (Å²) in [5.74, 6) is 0.0649. The normalized spacial score (nSPS) is 10.5. The Balaban J connectivity index is 2.17. The summed E-state index contributed by atoms with van der Waals surface area (Å²) in [7, 11) is 0. The highest BCUT2D eigenvalue weighted by atomic mass is 79.9. The number of ether oxygens (including phenoxy) is 2. The van der Waals surface area contributed by atoms with Crippen LogP contribution in [0.4, 0.5) is 0 Å². The Labute approximate surface area is 106 Å². The molecule has 2 aromatic rings. The number of carbonyl (C=O) groups is 1. The van der Waals surface area contributed by atoms with E-state index in [4.69, 9.17) is 9.47 Å². The van der Waals surface area contributed by atoms with Crippen LogP contribution in [-0.4, -0.2) is 33.8 Å². The number of pyridine rings is 1. The van der Waals surface area contributed by atoms with E-state index in [0.29, 0.717) is 18.0 Å². The Morgan fingerprint density at radius 3 is 3.18 bits per heavy atom. The molecule has 2 rings (SSSR count). The number of nitrogens with zero attached hydrogens (tertiary/aromatic N) is 3. The van der Waals surface area contributed by atoms with Crippen molar-refractivity contribution < 1.29 is 14.3 Å². The SMILES string of the molecule is CCOC(=O)COc1cc(Br)cn2ncnc12. The molecule has 0 aliphatic heterocycles. The van der Waals surface area contributed by atoms with E-state index in [1.165, 1.54) is 6.33 Å². The van der Waals surface area contributed by atoms with E-state index < -0.39 is 5.97 Å². The lowest BCUT2D eigenvalue weighted by Crippen LogP contribution is -2.15. The van der Waals surface area contributed by atoms with E-state index in [0.717, 1.165) is 4.47 Å². The summed E-state index contributed by atoms with van der Waals surface area (Å²) in [5, 5.41) is 3.98. The maximum Gasteiger partial charge on any atom is 0.344 e. The van der Waals surface area contributed by atoms with Crippen LogP contribution in [-0.2, 0) is 9.53 Å². The number of fused-ring (bicyclic) bond motifs is 1. The lowest BCUT2D eigenvalue weighted by Gasteiger charge is -2.06. The first-order valence-electron chi connectivity index (χ1n) is 4.98. The zero-order valence-electron chi connectivity index (χ0n) is 9.09. The minimum atomic E-state index is -0.412. The largest absolute Gasteiger partial charge is 0.478 e. The molecule has 0 spiro atoms. The fourth-order valence-electron chi connectivity index (χ4n) is 1.31. The van der Waals surface area contributed by atoms with E-state index >= 15 is 0 Å². The zero-order chi connectivity index (χ0) is 12.3. The standard InChI is InChI=1S/C10H10BrN3O3/c1-2-16-9(15)5-17-8-3-7(11)4-14-10(8)12-6-13-14/h3-4,6H,2,5H2,1H3. The summed E-state index contributed by atoms with van der Waals surface area (Å²) >= 11 is 3.32. The number of rotatable bonds is 4. The van der Waals surface area contributed by atoms with E-state index in [2.05, 4.69) is 26.0 Å². The molecule has 0 unspecified atom stereocenters. The predicted molar refractivity (Wildman–Crippen MR) is 62.8 cm³/mol. The number of esters is 1. The number of halogens is 1. The molecule has 0 aliphatic carbocycles. The molecule has 2 aromatic heterocycles. The molecule has 0 aliphatic rings. The second kappa shape index (κ2) is 5.13. The molecule has 0 aromatic carbocycles. The highest BCUT2D eigenvalue weighted by molar-refractivity contribution is 9.10. The van der Waals surface area contributed by atoms with Crippen molar-refractivity contribution in [2.45, 2.75) is 6.92 Å². The molecule has 0 bridgehead atoms. The average Bonchev–Trinajstić information content (AvgIpc) is 2.74. The lowest BCUT2D eigenvalue weighted by molar-refractivity contribution is -0.145. The molecule has 0 saturated carbocycles. The maximum atomic E-state index is 11.2. The molecule has 0 N–H and O–H groups in total. The summed E-state index contributed by atoms with van der Waals surface area (Å²) in [6, 6.07) is 1.73. The Kier molecular flexibility index (Phi) is 3.58. The van der Waals surface area contributed by atoms with Crippen molar-refractivity contribution in [3.05, 3.63) is 23.1 Å². The second-order valence-electron chi connectivity index (χ2n) is 3.14. The molecular formula is C10H10BrN3O3. The topological polar surface area (TPSA) is 65.7 Å². The fraction of sp³-hybridized carbons (Fsp3) is 0.300. The van der Waals surface area contributed by atoms with Gasteiger partial charge in [-0.1, -0.05) is 0 Å². The lowest BCUT2D eigenvalue weighted by atomic mass is 10.4. The van der Waals surface area contributed by atoms with Gasteiger partial charge in [0, 0.05) is 10.7 Å². The van der Waals surface area contributed by atoms with Gasteiger partial charge in [0.2, 0.25) is 0 Å². The second-order valence-corrected chi connectivity index (χ2v) is 4.06. The highest BCUT2D eigenvalue weighted by Crippen LogP contribution is 2.22. The molecule has 7 heteroatoms. The molecular weight excluding hydrogens is 290 g/mol. The average molecular weight is 300 g/mol. The fourth-order valence-corrected chi connectivity index (χ4v) is 1.71. The highest BCUT2D eigenvalue weighted by Gasteiger charge is 2.09. The van der Waals surface area contributed by atoms with Crippen molar-refractivity contribution >= 4 is 27.5 Å². The Morgan fingerprint density at radius 1 is 1.59 bits per heavy atom. The third-order valence-electron chi connectivity index (χ3n) is 1.96. The first-order valence-corrected chi connectivity index (χ1v) is 5.77. The van der Waals surface area contributed by atoms with Crippen molar-refractivity contribution in [3.63, 3.8) is 0 Å². The van der Waals surface area contributed by atoms with Crippen LogP contribution >= 0.6 is 15.9 Å². The molecule has 90 valence electrons. The van der Waals surface area contributed by atoms with Gasteiger partial charge in [-0.2, -0.15) is 5.10 Å². The minimum Gasteiger partial charge on any atom is -0.478 e. The van der Waals surface area contributed by atoms with Crippen LogP contribution in [0.1, 0.15) is 6.92 Å². The third-order valence-corrected chi connectivity index (χ3v) is 2.39. The van der Waals surface area contributed by atoms with Crippen molar-refractivity contribution in [1.29, 1.82) is 0 Å². The van der Waals surface area contributed by atoms with Gasteiger partial charge in [0.1, 0.15) is 6.33 Å². The summed E-state index contributed by atoms with van der Waals surface area (Å²) in [6.45, 7) is 1.93. The van der Waals surface area contributed by atoms with Gasteiger partial charge in [-0.05, 0) is 28.9 Å². The molecule has 0 atom stereocenters. The Bertz CT molecular complexity index is 541. The van der Waals surface area contributed by atoms with Gasteiger partial charge in [-0.25, -0.2) is 14.3 Å². The van der Waals surface area contributed by atoms with Crippen LogP contribution < -0.4 is 4.74 Å². The van der Waals surface area contributed by atoms with Crippen LogP contribution in [0.3, 0.4) is 0 Å².